The largest absolute Gasteiger partial charge is 0.345 e. The molecule has 5 nitrogen and oxygen atoms in total. The van der Waals surface area contributed by atoms with Crippen LogP contribution in [0.4, 0.5) is 8.78 Å². The second-order valence-electron chi connectivity index (χ2n) is 4.70. The highest BCUT2D eigenvalue weighted by Gasteiger charge is 2.16. The van der Waals surface area contributed by atoms with Gasteiger partial charge in [-0.1, -0.05) is 23.4 Å². The minimum atomic E-state index is -0.592. The second kappa shape index (κ2) is 6.35. The minimum absolute atomic E-state index is 0.00588. The van der Waals surface area contributed by atoms with Gasteiger partial charge in [0.2, 0.25) is 0 Å². The molecule has 2 aromatic carbocycles. The van der Waals surface area contributed by atoms with Gasteiger partial charge in [-0.2, -0.15) is 4.98 Å². The Morgan fingerprint density at radius 2 is 1.83 bits per heavy atom. The Labute approximate surface area is 130 Å². The first kappa shape index (κ1) is 14.8. The summed E-state index contributed by atoms with van der Waals surface area (Å²) in [5.74, 6) is -1.48. The van der Waals surface area contributed by atoms with Gasteiger partial charge < -0.3 is 9.84 Å². The van der Waals surface area contributed by atoms with E-state index in [-0.39, 0.29) is 18.3 Å². The second-order valence-corrected chi connectivity index (χ2v) is 4.70. The Morgan fingerprint density at radius 1 is 1.09 bits per heavy atom. The van der Waals surface area contributed by atoms with E-state index in [1.54, 1.807) is 18.2 Å². The number of hydrogen-bond acceptors (Lipinski definition) is 4. The predicted molar refractivity (Wildman–Crippen MR) is 77.3 cm³/mol. The van der Waals surface area contributed by atoms with Crippen molar-refractivity contribution in [3.05, 3.63) is 71.6 Å². The van der Waals surface area contributed by atoms with Crippen LogP contribution in [0.2, 0.25) is 0 Å². The highest BCUT2D eigenvalue weighted by molar-refractivity contribution is 5.90. The lowest BCUT2D eigenvalue weighted by atomic mass is 10.2. The molecule has 0 radical (unpaired) electrons. The molecule has 0 unspecified atom stereocenters. The Kier molecular flexibility index (Phi) is 4.09. The van der Waals surface area contributed by atoms with E-state index in [0.717, 1.165) is 0 Å². The maximum absolute atomic E-state index is 13.5. The zero-order valence-electron chi connectivity index (χ0n) is 11.8. The van der Waals surface area contributed by atoms with E-state index in [2.05, 4.69) is 15.5 Å². The van der Waals surface area contributed by atoms with Gasteiger partial charge >= 0.3 is 0 Å². The summed E-state index contributed by atoms with van der Waals surface area (Å²) in [5.41, 5.74) is 0.843. The van der Waals surface area contributed by atoms with Crippen molar-refractivity contribution in [2.24, 2.45) is 0 Å². The molecule has 23 heavy (non-hydrogen) atoms. The Morgan fingerprint density at radius 3 is 2.57 bits per heavy atom. The molecule has 0 aliphatic carbocycles. The van der Waals surface area contributed by atoms with Crippen LogP contribution < -0.4 is 5.32 Å². The van der Waals surface area contributed by atoms with E-state index in [0.29, 0.717) is 11.1 Å². The fourth-order valence-corrected chi connectivity index (χ4v) is 1.92. The van der Waals surface area contributed by atoms with Gasteiger partial charge in [0.05, 0.1) is 0 Å². The Hall–Kier alpha value is -3.09. The van der Waals surface area contributed by atoms with Crippen LogP contribution in [0.1, 0.15) is 16.2 Å². The standard InChI is InChI=1S/C16H11F2N3O2/c17-12-7-5-10(6-8-12)16-20-14(21-23-16)15(22)19-9-11-3-1-2-4-13(11)18/h1-8H,9H2,(H,19,22). The van der Waals surface area contributed by atoms with Crippen molar-refractivity contribution in [1.82, 2.24) is 15.5 Å². The third kappa shape index (κ3) is 3.39. The molecule has 0 saturated heterocycles. The van der Waals surface area contributed by atoms with Crippen LogP contribution in [0.3, 0.4) is 0 Å². The zero-order chi connectivity index (χ0) is 16.2. The molecule has 1 N–H and O–H groups in total. The highest BCUT2D eigenvalue weighted by Crippen LogP contribution is 2.17. The highest BCUT2D eigenvalue weighted by atomic mass is 19.1. The first-order valence-corrected chi connectivity index (χ1v) is 6.75. The summed E-state index contributed by atoms with van der Waals surface area (Å²) >= 11 is 0. The summed E-state index contributed by atoms with van der Waals surface area (Å²) in [6, 6.07) is 11.5. The third-order valence-corrected chi connectivity index (χ3v) is 3.12. The number of carbonyl (C=O) groups excluding carboxylic acids is 1. The fourth-order valence-electron chi connectivity index (χ4n) is 1.92. The first-order chi connectivity index (χ1) is 11.1. The number of aromatic nitrogens is 2. The molecule has 1 amide bonds. The lowest BCUT2D eigenvalue weighted by molar-refractivity contribution is 0.0937. The molecule has 1 heterocycles. The minimum Gasteiger partial charge on any atom is -0.345 e. The summed E-state index contributed by atoms with van der Waals surface area (Å²) in [5, 5.41) is 6.07. The van der Waals surface area contributed by atoms with E-state index in [4.69, 9.17) is 4.52 Å². The maximum atomic E-state index is 13.5. The first-order valence-electron chi connectivity index (χ1n) is 6.75. The normalized spacial score (nSPS) is 10.5. The molecule has 3 aromatic rings. The average Bonchev–Trinajstić information content (AvgIpc) is 3.04. The number of amides is 1. The van der Waals surface area contributed by atoms with Crippen molar-refractivity contribution >= 4 is 5.91 Å². The molecule has 3 rings (SSSR count). The number of nitrogens with zero attached hydrogens (tertiary/aromatic N) is 2. The van der Waals surface area contributed by atoms with Gasteiger partial charge in [0.25, 0.3) is 17.6 Å². The van der Waals surface area contributed by atoms with Gasteiger partial charge in [-0.3, -0.25) is 4.79 Å². The maximum Gasteiger partial charge on any atom is 0.292 e. The predicted octanol–water partition coefficient (Wildman–Crippen LogP) is 2.94. The van der Waals surface area contributed by atoms with Gasteiger partial charge in [0.15, 0.2) is 0 Å². The quantitative estimate of drug-likeness (QED) is 0.804. The van der Waals surface area contributed by atoms with E-state index >= 15 is 0 Å². The molecule has 0 fully saturated rings. The van der Waals surface area contributed by atoms with Crippen LogP contribution in [0.5, 0.6) is 0 Å². The van der Waals surface area contributed by atoms with E-state index in [1.165, 1.54) is 30.3 Å². The van der Waals surface area contributed by atoms with E-state index in [1.807, 2.05) is 0 Å². The van der Waals surface area contributed by atoms with E-state index in [9.17, 15) is 13.6 Å². The molecule has 0 aliphatic rings. The number of hydrogen-bond donors (Lipinski definition) is 1. The summed E-state index contributed by atoms with van der Waals surface area (Å²) in [6.07, 6.45) is 0. The topological polar surface area (TPSA) is 68.0 Å². The van der Waals surface area contributed by atoms with Crippen LogP contribution in [-0.2, 0) is 6.54 Å². The van der Waals surface area contributed by atoms with E-state index < -0.39 is 17.5 Å². The Bertz CT molecular complexity index is 831. The van der Waals surface area contributed by atoms with Gasteiger partial charge in [0.1, 0.15) is 11.6 Å². The number of rotatable bonds is 4. The molecule has 0 spiro atoms. The molecule has 116 valence electrons. The van der Waals surface area contributed by atoms with Crippen molar-refractivity contribution in [1.29, 1.82) is 0 Å². The van der Waals surface area contributed by atoms with Crippen molar-refractivity contribution < 1.29 is 18.1 Å². The zero-order valence-corrected chi connectivity index (χ0v) is 11.8. The number of benzene rings is 2. The summed E-state index contributed by atoms with van der Waals surface area (Å²) in [6.45, 7) is 0.00588. The summed E-state index contributed by atoms with van der Waals surface area (Å²) in [7, 11) is 0. The fraction of sp³-hybridized carbons (Fsp3) is 0.0625. The molecule has 0 bridgehead atoms. The van der Waals surface area contributed by atoms with Crippen LogP contribution in [-0.4, -0.2) is 16.0 Å². The van der Waals surface area contributed by atoms with Crippen molar-refractivity contribution in [2.45, 2.75) is 6.54 Å². The van der Waals surface area contributed by atoms with Gasteiger partial charge in [-0.25, -0.2) is 8.78 Å². The molecule has 0 saturated carbocycles. The average molecular weight is 315 g/mol. The molecular weight excluding hydrogens is 304 g/mol. The molecule has 1 aromatic heterocycles. The third-order valence-electron chi connectivity index (χ3n) is 3.12. The van der Waals surface area contributed by atoms with Crippen molar-refractivity contribution in [3.8, 4) is 11.5 Å². The number of halogens is 2. The lowest BCUT2D eigenvalue weighted by Gasteiger charge is -2.03. The van der Waals surface area contributed by atoms with Crippen LogP contribution in [0.15, 0.2) is 53.1 Å². The summed E-state index contributed by atoms with van der Waals surface area (Å²) in [4.78, 5) is 15.9. The van der Waals surface area contributed by atoms with Crippen molar-refractivity contribution in [3.63, 3.8) is 0 Å². The van der Waals surface area contributed by atoms with Crippen LogP contribution >= 0.6 is 0 Å². The molecule has 0 aliphatic heterocycles. The van der Waals surface area contributed by atoms with Gasteiger partial charge in [-0.15, -0.1) is 0 Å². The number of carbonyl (C=O) groups is 1. The molecule has 7 heteroatoms. The monoisotopic (exact) mass is 315 g/mol. The SMILES string of the molecule is O=C(NCc1ccccc1F)c1noc(-c2ccc(F)cc2)n1. The Balaban J connectivity index is 1.69. The smallest absolute Gasteiger partial charge is 0.292 e. The van der Waals surface area contributed by atoms with Crippen LogP contribution in [0, 0.1) is 11.6 Å². The summed E-state index contributed by atoms with van der Waals surface area (Å²) < 4.78 is 31.3. The molecular formula is C16H11F2N3O2. The van der Waals surface area contributed by atoms with Gasteiger partial charge in [-0.05, 0) is 30.3 Å². The van der Waals surface area contributed by atoms with Crippen LogP contribution in [0.25, 0.3) is 11.5 Å². The number of nitrogens with one attached hydrogen (secondary N) is 1. The lowest BCUT2D eigenvalue weighted by Crippen LogP contribution is -2.24. The molecule has 0 atom stereocenters. The van der Waals surface area contributed by atoms with Crippen molar-refractivity contribution in [2.75, 3.05) is 0 Å². The van der Waals surface area contributed by atoms with Gasteiger partial charge in [0, 0.05) is 17.7 Å².